The molecule has 6 nitrogen and oxygen atoms in total. The number of likely N-dealkylation sites (tertiary alicyclic amines) is 1. The third-order valence-electron chi connectivity index (χ3n) is 3.92. The summed E-state index contributed by atoms with van der Waals surface area (Å²) >= 11 is 0. The topological polar surface area (TPSA) is 60.9 Å². The van der Waals surface area contributed by atoms with Gasteiger partial charge in [-0.25, -0.2) is 4.98 Å². The minimum Gasteiger partial charge on any atom is -0.475 e. The highest BCUT2D eigenvalue weighted by Gasteiger charge is 2.26. The molecule has 2 heterocycles. The SMILES string of the molecule is COCCOc1ncccc1C(=O)N1CCC(OCC(C)C)CC1. The van der Waals surface area contributed by atoms with Gasteiger partial charge >= 0.3 is 0 Å². The number of amides is 1. The fourth-order valence-electron chi connectivity index (χ4n) is 2.61. The molecule has 1 saturated heterocycles. The van der Waals surface area contributed by atoms with Gasteiger partial charge in [0, 0.05) is 33.0 Å². The van der Waals surface area contributed by atoms with E-state index in [1.807, 2.05) is 4.90 Å². The Bertz CT molecular complexity index is 513. The Morgan fingerprint density at radius 3 is 2.75 bits per heavy atom. The number of hydrogen-bond acceptors (Lipinski definition) is 5. The zero-order valence-electron chi connectivity index (χ0n) is 14.9. The summed E-state index contributed by atoms with van der Waals surface area (Å²) in [6, 6.07) is 3.52. The van der Waals surface area contributed by atoms with Crippen molar-refractivity contribution in [2.75, 3.05) is 40.0 Å². The van der Waals surface area contributed by atoms with Gasteiger partial charge in [0.05, 0.1) is 12.7 Å². The monoisotopic (exact) mass is 336 g/mol. The van der Waals surface area contributed by atoms with Crippen molar-refractivity contribution in [2.45, 2.75) is 32.8 Å². The average Bonchev–Trinajstić information content (AvgIpc) is 2.60. The fourth-order valence-corrected chi connectivity index (χ4v) is 2.61. The molecule has 0 unspecified atom stereocenters. The molecule has 1 aliphatic heterocycles. The second-order valence-corrected chi connectivity index (χ2v) is 6.42. The molecule has 0 radical (unpaired) electrons. The van der Waals surface area contributed by atoms with Crippen LogP contribution in [0.4, 0.5) is 0 Å². The van der Waals surface area contributed by atoms with Crippen LogP contribution in [0, 0.1) is 5.92 Å². The van der Waals surface area contributed by atoms with Crippen LogP contribution >= 0.6 is 0 Å². The molecule has 1 aliphatic rings. The molecule has 0 aromatic carbocycles. The van der Waals surface area contributed by atoms with Crippen molar-refractivity contribution in [3.63, 3.8) is 0 Å². The number of hydrogen-bond donors (Lipinski definition) is 0. The summed E-state index contributed by atoms with van der Waals surface area (Å²) in [6.07, 6.45) is 3.63. The van der Waals surface area contributed by atoms with Crippen LogP contribution in [0.2, 0.25) is 0 Å². The standard InChI is InChI=1S/C18H28N2O4/c1-14(2)13-24-15-6-9-20(10-7-15)18(21)16-5-4-8-19-17(16)23-12-11-22-3/h4-5,8,14-15H,6-7,9-13H2,1-3H3. The fraction of sp³-hybridized carbons (Fsp3) is 0.667. The molecule has 6 heteroatoms. The Kier molecular flexibility index (Phi) is 7.46. The zero-order valence-corrected chi connectivity index (χ0v) is 14.9. The molecule has 0 saturated carbocycles. The molecule has 1 aromatic rings. The van der Waals surface area contributed by atoms with Crippen LogP contribution in [0.15, 0.2) is 18.3 Å². The number of methoxy groups -OCH3 is 1. The second-order valence-electron chi connectivity index (χ2n) is 6.42. The molecule has 1 fully saturated rings. The van der Waals surface area contributed by atoms with Crippen LogP contribution in [0.3, 0.4) is 0 Å². The molecule has 0 bridgehead atoms. The summed E-state index contributed by atoms with van der Waals surface area (Å²) in [5.41, 5.74) is 0.509. The molecule has 0 atom stereocenters. The van der Waals surface area contributed by atoms with Gasteiger partial charge in [0.15, 0.2) is 0 Å². The molecular weight excluding hydrogens is 308 g/mol. The molecule has 0 aliphatic carbocycles. The average molecular weight is 336 g/mol. The van der Waals surface area contributed by atoms with Crippen molar-refractivity contribution >= 4 is 5.91 Å². The van der Waals surface area contributed by atoms with Crippen LogP contribution in [-0.4, -0.2) is 61.9 Å². The molecule has 24 heavy (non-hydrogen) atoms. The van der Waals surface area contributed by atoms with E-state index in [2.05, 4.69) is 18.8 Å². The number of pyridine rings is 1. The van der Waals surface area contributed by atoms with Gasteiger partial charge in [-0.2, -0.15) is 0 Å². The van der Waals surface area contributed by atoms with Crippen molar-refractivity contribution in [2.24, 2.45) is 5.92 Å². The van der Waals surface area contributed by atoms with Crippen LogP contribution in [0.25, 0.3) is 0 Å². The van der Waals surface area contributed by atoms with E-state index in [9.17, 15) is 4.79 Å². The molecule has 0 spiro atoms. The van der Waals surface area contributed by atoms with Gasteiger partial charge in [0.1, 0.15) is 12.2 Å². The van der Waals surface area contributed by atoms with E-state index in [0.29, 0.717) is 43.7 Å². The number of carbonyl (C=O) groups is 1. The Morgan fingerprint density at radius 2 is 2.08 bits per heavy atom. The molecule has 1 amide bonds. The largest absolute Gasteiger partial charge is 0.475 e. The lowest BCUT2D eigenvalue weighted by Crippen LogP contribution is -2.41. The first-order valence-electron chi connectivity index (χ1n) is 8.59. The highest BCUT2D eigenvalue weighted by Crippen LogP contribution is 2.21. The van der Waals surface area contributed by atoms with Gasteiger partial charge < -0.3 is 19.1 Å². The first-order valence-corrected chi connectivity index (χ1v) is 8.59. The third-order valence-corrected chi connectivity index (χ3v) is 3.92. The van der Waals surface area contributed by atoms with Gasteiger partial charge in [-0.3, -0.25) is 4.79 Å². The predicted molar refractivity (Wildman–Crippen MR) is 91.3 cm³/mol. The van der Waals surface area contributed by atoms with E-state index in [0.717, 1.165) is 19.4 Å². The number of aromatic nitrogens is 1. The minimum atomic E-state index is -0.0298. The smallest absolute Gasteiger partial charge is 0.259 e. The Labute approximate surface area is 144 Å². The maximum atomic E-state index is 12.8. The number of rotatable bonds is 8. The number of ether oxygens (including phenoxy) is 3. The molecule has 2 rings (SSSR count). The second kappa shape index (κ2) is 9.59. The number of piperidine rings is 1. The lowest BCUT2D eigenvalue weighted by atomic mass is 10.1. The molecule has 134 valence electrons. The first-order chi connectivity index (χ1) is 11.6. The number of nitrogens with zero attached hydrogens (tertiary/aromatic N) is 2. The summed E-state index contributed by atoms with van der Waals surface area (Å²) in [5.74, 6) is 0.877. The summed E-state index contributed by atoms with van der Waals surface area (Å²) in [4.78, 5) is 18.8. The van der Waals surface area contributed by atoms with Gasteiger partial charge in [-0.15, -0.1) is 0 Å². The Morgan fingerprint density at radius 1 is 1.33 bits per heavy atom. The normalized spacial score (nSPS) is 15.8. The van der Waals surface area contributed by atoms with Crippen molar-refractivity contribution in [1.82, 2.24) is 9.88 Å². The minimum absolute atomic E-state index is 0.0298. The maximum Gasteiger partial charge on any atom is 0.259 e. The lowest BCUT2D eigenvalue weighted by molar-refractivity contribution is -0.00240. The van der Waals surface area contributed by atoms with Gasteiger partial charge in [-0.05, 0) is 30.9 Å². The van der Waals surface area contributed by atoms with Crippen LogP contribution < -0.4 is 4.74 Å². The zero-order chi connectivity index (χ0) is 17.4. The molecule has 0 N–H and O–H groups in total. The maximum absolute atomic E-state index is 12.8. The summed E-state index contributed by atoms with van der Waals surface area (Å²) in [5, 5.41) is 0. The van der Waals surface area contributed by atoms with E-state index in [-0.39, 0.29) is 12.0 Å². The van der Waals surface area contributed by atoms with Crippen molar-refractivity contribution in [3.8, 4) is 5.88 Å². The van der Waals surface area contributed by atoms with E-state index in [1.165, 1.54) is 0 Å². The Hall–Kier alpha value is -1.66. The van der Waals surface area contributed by atoms with Crippen molar-refractivity contribution in [1.29, 1.82) is 0 Å². The van der Waals surface area contributed by atoms with E-state index in [1.54, 1.807) is 25.4 Å². The van der Waals surface area contributed by atoms with Crippen LogP contribution in [0.1, 0.15) is 37.0 Å². The highest BCUT2D eigenvalue weighted by molar-refractivity contribution is 5.96. The predicted octanol–water partition coefficient (Wildman–Crippen LogP) is 2.38. The summed E-state index contributed by atoms with van der Waals surface area (Å²) in [7, 11) is 1.61. The summed E-state index contributed by atoms with van der Waals surface area (Å²) < 4.78 is 16.4. The van der Waals surface area contributed by atoms with Gasteiger partial charge in [0.2, 0.25) is 5.88 Å². The quantitative estimate of drug-likeness (QED) is 0.682. The molecular formula is C18H28N2O4. The first kappa shape index (κ1) is 18.7. The van der Waals surface area contributed by atoms with Gasteiger partial charge in [-0.1, -0.05) is 13.8 Å². The van der Waals surface area contributed by atoms with Crippen LogP contribution in [0.5, 0.6) is 5.88 Å². The van der Waals surface area contributed by atoms with Crippen LogP contribution in [-0.2, 0) is 9.47 Å². The van der Waals surface area contributed by atoms with Gasteiger partial charge in [0.25, 0.3) is 5.91 Å². The summed E-state index contributed by atoms with van der Waals surface area (Å²) in [6.45, 7) is 7.31. The number of carbonyl (C=O) groups excluding carboxylic acids is 1. The van der Waals surface area contributed by atoms with E-state index in [4.69, 9.17) is 14.2 Å². The lowest BCUT2D eigenvalue weighted by Gasteiger charge is -2.32. The third kappa shape index (κ3) is 5.46. The molecule has 1 aromatic heterocycles. The highest BCUT2D eigenvalue weighted by atomic mass is 16.5. The van der Waals surface area contributed by atoms with Crippen molar-refractivity contribution < 1.29 is 19.0 Å². The van der Waals surface area contributed by atoms with E-state index >= 15 is 0 Å². The Balaban J connectivity index is 1.91. The van der Waals surface area contributed by atoms with Crippen molar-refractivity contribution in [3.05, 3.63) is 23.9 Å². The van der Waals surface area contributed by atoms with E-state index < -0.39 is 0 Å².